The van der Waals surface area contributed by atoms with Crippen LogP contribution in [0.5, 0.6) is 0 Å². The van der Waals surface area contributed by atoms with E-state index in [9.17, 15) is 23.1 Å². The van der Waals surface area contributed by atoms with Gasteiger partial charge in [0.25, 0.3) is 0 Å². The first-order valence-corrected chi connectivity index (χ1v) is 11.4. The summed E-state index contributed by atoms with van der Waals surface area (Å²) in [5, 5.41) is 14.7. The van der Waals surface area contributed by atoms with Crippen molar-refractivity contribution in [2.45, 2.75) is 69.4 Å². The van der Waals surface area contributed by atoms with Crippen molar-refractivity contribution in [3.05, 3.63) is 24.3 Å². The average molecular weight is 426 g/mol. The lowest BCUT2D eigenvalue weighted by Gasteiger charge is -2.23. The Morgan fingerprint density at radius 2 is 1.69 bits per heavy atom. The van der Waals surface area contributed by atoms with Crippen LogP contribution < -0.4 is 15.4 Å². The lowest BCUT2D eigenvalue weighted by Crippen LogP contribution is -2.48. The number of nitrogens with one attached hydrogen (secondary N) is 3. The van der Waals surface area contributed by atoms with Crippen molar-refractivity contribution in [1.29, 1.82) is 0 Å². The molecule has 0 bridgehead atoms. The highest BCUT2D eigenvalue weighted by Gasteiger charge is 2.26. The summed E-state index contributed by atoms with van der Waals surface area (Å²) in [7, 11) is -3.67. The first-order chi connectivity index (χ1) is 13.5. The van der Waals surface area contributed by atoms with E-state index in [0.717, 1.165) is 32.1 Å². The number of rotatable bonds is 7. The fourth-order valence-electron chi connectivity index (χ4n) is 3.26. The highest BCUT2D eigenvalue weighted by atomic mass is 32.2. The maximum absolute atomic E-state index is 12.4. The van der Waals surface area contributed by atoms with Gasteiger partial charge in [-0.05, 0) is 57.9 Å². The van der Waals surface area contributed by atoms with Crippen molar-refractivity contribution in [3.63, 3.8) is 0 Å². The van der Waals surface area contributed by atoms with Crippen molar-refractivity contribution < 1.29 is 23.1 Å². The van der Waals surface area contributed by atoms with E-state index in [4.69, 9.17) is 0 Å². The minimum Gasteiger partial charge on any atom is -0.394 e. The van der Waals surface area contributed by atoms with E-state index in [1.165, 1.54) is 24.3 Å². The summed E-state index contributed by atoms with van der Waals surface area (Å²) in [5.41, 5.74) is -0.244. The second-order valence-electron chi connectivity index (χ2n) is 8.45. The van der Waals surface area contributed by atoms with Crippen molar-refractivity contribution in [2.24, 2.45) is 5.92 Å². The Morgan fingerprint density at radius 1 is 1.10 bits per heavy atom. The van der Waals surface area contributed by atoms with Gasteiger partial charge in [0.05, 0.1) is 11.5 Å². The number of benzene rings is 1. The quantitative estimate of drug-likeness (QED) is 0.530. The van der Waals surface area contributed by atoms with Crippen LogP contribution in [-0.4, -0.2) is 43.5 Å². The SMILES string of the molecule is CC(C)(C)NS(=O)(=O)c1ccc(NC(=O)C(CO)NC(=O)C2CCCCC2)cc1. The van der Waals surface area contributed by atoms with Gasteiger partial charge in [0.1, 0.15) is 6.04 Å². The molecule has 29 heavy (non-hydrogen) atoms. The normalized spacial score (nSPS) is 16.8. The molecule has 1 aliphatic carbocycles. The number of hydrogen-bond donors (Lipinski definition) is 4. The molecule has 2 rings (SSSR count). The lowest BCUT2D eigenvalue weighted by atomic mass is 9.88. The van der Waals surface area contributed by atoms with Crippen LogP contribution in [0.4, 0.5) is 5.69 Å². The molecule has 2 amide bonds. The monoisotopic (exact) mass is 425 g/mol. The topological polar surface area (TPSA) is 125 Å². The Morgan fingerprint density at radius 3 is 2.21 bits per heavy atom. The Labute approximate surface area is 172 Å². The molecular weight excluding hydrogens is 394 g/mol. The molecule has 1 aromatic rings. The first kappa shape index (κ1) is 23.3. The van der Waals surface area contributed by atoms with E-state index >= 15 is 0 Å². The number of carbonyl (C=O) groups is 2. The molecule has 1 aliphatic rings. The molecule has 1 atom stereocenters. The summed E-state index contributed by atoms with van der Waals surface area (Å²) in [5.74, 6) is -0.890. The zero-order valence-electron chi connectivity index (χ0n) is 17.2. The fraction of sp³-hybridized carbons (Fsp3) is 0.600. The van der Waals surface area contributed by atoms with E-state index < -0.39 is 34.1 Å². The number of sulfonamides is 1. The van der Waals surface area contributed by atoms with Gasteiger partial charge in [0.15, 0.2) is 0 Å². The standard InChI is InChI=1S/C20H31N3O5S/c1-20(2,3)23-29(27,28)16-11-9-15(10-12-16)21-19(26)17(13-24)22-18(25)14-7-5-4-6-8-14/h9-12,14,17,23-24H,4-8,13H2,1-3H3,(H,21,26)(H,22,25). The Bertz CT molecular complexity index is 810. The van der Waals surface area contributed by atoms with Crippen LogP contribution in [0.15, 0.2) is 29.2 Å². The van der Waals surface area contributed by atoms with Gasteiger partial charge in [-0.3, -0.25) is 9.59 Å². The maximum atomic E-state index is 12.4. The summed E-state index contributed by atoms with van der Waals surface area (Å²) in [4.78, 5) is 24.8. The predicted octanol–water partition coefficient (Wildman–Crippen LogP) is 1.76. The fourth-order valence-corrected chi connectivity index (χ4v) is 4.68. The van der Waals surface area contributed by atoms with Crippen LogP contribution in [0.2, 0.25) is 0 Å². The summed E-state index contributed by atoms with van der Waals surface area (Å²) in [6, 6.07) is 4.64. The number of aliphatic hydroxyl groups excluding tert-OH is 1. The van der Waals surface area contributed by atoms with Crippen LogP contribution in [0, 0.1) is 5.92 Å². The smallest absolute Gasteiger partial charge is 0.249 e. The van der Waals surface area contributed by atoms with E-state index in [1.807, 2.05) is 0 Å². The Hall–Kier alpha value is -1.97. The molecule has 4 N–H and O–H groups in total. The number of anilines is 1. The van der Waals surface area contributed by atoms with Crippen LogP contribution in [0.1, 0.15) is 52.9 Å². The van der Waals surface area contributed by atoms with Gasteiger partial charge in [-0.15, -0.1) is 0 Å². The summed E-state index contributed by atoms with van der Waals surface area (Å²) in [6.45, 7) is 4.72. The zero-order chi connectivity index (χ0) is 21.7. The van der Waals surface area contributed by atoms with E-state index in [1.54, 1.807) is 20.8 Å². The lowest BCUT2D eigenvalue weighted by molar-refractivity contribution is -0.130. The number of carbonyl (C=O) groups excluding carboxylic acids is 2. The predicted molar refractivity (Wildman–Crippen MR) is 111 cm³/mol. The van der Waals surface area contributed by atoms with Crippen molar-refractivity contribution in [2.75, 3.05) is 11.9 Å². The highest BCUT2D eigenvalue weighted by Crippen LogP contribution is 2.23. The second kappa shape index (κ2) is 9.69. The number of aliphatic hydroxyl groups is 1. The third-order valence-electron chi connectivity index (χ3n) is 4.66. The molecule has 1 aromatic carbocycles. The van der Waals surface area contributed by atoms with Gasteiger partial charge >= 0.3 is 0 Å². The molecule has 1 saturated carbocycles. The molecule has 162 valence electrons. The molecule has 0 aromatic heterocycles. The Balaban J connectivity index is 1.98. The van der Waals surface area contributed by atoms with Crippen molar-refractivity contribution in [3.8, 4) is 0 Å². The van der Waals surface area contributed by atoms with Crippen LogP contribution >= 0.6 is 0 Å². The Kier molecular flexibility index (Phi) is 7.79. The van der Waals surface area contributed by atoms with Gasteiger partial charge in [0.2, 0.25) is 21.8 Å². The number of amides is 2. The minimum atomic E-state index is -3.67. The maximum Gasteiger partial charge on any atom is 0.249 e. The summed E-state index contributed by atoms with van der Waals surface area (Å²) in [6.07, 6.45) is 4.69. The molecule has 9 heteroatoms. The largest absolute Gasteiger partial charge is 0.394 e. The third kappa shape index (κ3) is 7.09. The van der Waals surface area contributed by atoms with Gasteiger partial charge in [-0.1, -0.05) is 19.3 Å². The first-order valence-electron chi connectivity index (χ1n) is 9.88. The van der Waals surface area contributed by atoms with E-state index in [0.29, 0.717) is 5.69 Å². The van der Waals surface area contributed by atoms with Crippen LogP contribution in [0.3, 0.4) is 0 Å². The zero-order valence-corrected chi connectivity index (χ0v) is 18.0. The molecular formula is C20H31N3O5S. The second-order valence-corrected chi connectivity index (χ2v) is 10.1. The van der Waals surface area contributed by atoms with Gasteiger partial charge in [0, 0.05) is 17.1 Å². The van der Waals surface area contributed by atoms with E-state index in [2.05, 4.69) is 15.4 Å². The molecule has 0 heterocycles. The molecule has 1 fully saturated rings. The summed E-state index contributed by atoms with van der Waals surface area (Å²) < 4.78 is 27.2. The molecule has 8 nitrogen and oxygen atoms in total. The minimum absolute atomic E-state index is 0.0785. The highest BCUT2D eigenvalue weighted by molar-refractivity contribution is 7.89. The molecule has 0 saturated heterocycles. The molecule has 0 aliphatic heterocycles. The van der Waals surface area contributed by atoms with Gasteiger partial charge in [-0.25, -0.2) is 13.1 Å². The third-order valence-corrected chi connectivity index (χ3v) is 6.44. The van der Waals surface area contributed by atoms with Crippen molar-refractivity contribution in [1.82, 2.24) is 10.0 Å². The van der Waals surface area contributed by atoms with Crippen molar-refractivity contribution >= 4 is 27.5 Å². The van der Waals surface area contributed by atoms with Crippen LogP contribution in [-0.2, 0) is 19.6 Å². The van der Waals surface area contributed by atoms with E-state index in [-0.39, 0.29) is 16.7 Å². The summed E-state index contributed by atoms with van der Waals surface area (Å²) >= 11 is 0. The molecule has 0 radical (unpaired) electrons. The molecule has 1 unspecified atom stereocenters. The van der Waals surface area contributed by atoms with Gasteiger partial charge in [-0.2, -0.15) is 0 Å². The average Bonchev–Trinajstić information content (AvgIpc) is 2.65. The van der Waals surface area contributed by atoms with Crippen LogP contribution in [0.25, 0.3) is 0 Å². The molecule has 0 spiro atoms. The number of hydrogen-bond acceptors (Lipinski definition) is 5. The van der Waals surface area contributed by atoms with Gasteiger partial charge < -0.3 is 15.7 Å².